The summed E-state index contributed by atoms with van der Waals surface area (Å²) in [6.45, 7) is 4.30. The molecule has 0 saturated heterocycles. The summed E-state index contributed by atoms with van der Waals surface area (Å²) in [5.74, 6) is 0. The second kappa shape index (κ2) is 20.2. The van der Waals surface area contributed by atoms with Crippen molar-refractivity contribution in [3.63, 3.8) is 0 Å². The minimum Gasteiger partial charge on any atom is -0.365 e. The van der Waals surface area contributed by atoms with Crippen LogP contribution in [0.25, 0.3) is 27.8 Å². The lowest BCUT2D eigenvalue weighted by Gasteiger charge is -2.43. The summed E-state index contributed by atoms with van der Waals surface area (Å²) in [7, 11) is 0. The molecule has 0 fully saturated rings. The fraction of sp³-hybridized carbons (Fsp3) is 0.246. The molecule has 4 aliphatic carbocycles. The Morgan fingerprint density at radius 1 is 0.571 bits per heavy atom. The van der Waals surface area contributed by atoms with E-state index in [0.29, 0.717) is 12.1 Å². The number of allylic oxidation sites excluding steroid dienone is 14. The second-order valence-corrected chi connectivity index (χ2v) is 17.5. The SMILES string of the molecule is C/C=C\C=C(/CC)c1ccc(N(c2ccc(C3=CC[C@H](N(C4=CC=C(C5=CC=C(c6ccccc6)CC5)CC4)C4C=CCCC4)CC3)cc2)c2ccc(-c3ccccc3)cc2)cc1. The van der Waals surface area contributed by atoms with Gasteiger partial charge in [-0.2, -0.15) is 0 Å². The Kier molecular flexibility index (Phi) is 13.5. The molecule has 2 heteroatoms. The van der Waals surface area contributed by atoms with Crippen LogP contribution in [0.3, 0.4) is 0 Å². The van der Waals surface area contributed by atoms with Crippen LogP contribution in [0.1, 0.15) is 101 Å². The molecule has 9 rings (SSSR count). The molecule has 0 N–H and O–H groups in total. The minimum absolute atomic E-state index is 0.490. The van der Waals surface area contributed by atoms with E-state index in [1.54, 1.807) is 0 Å². The highest BCUT2D eigenvalue weighted by atomic mass is 15.2. The molecule has 2 nitrogen and oxygen atoms in total. The third-order valence-electron chi connectivity index (χ3n) is 13.6. The number of rotatable bonds is 13. The molecule has 0 radical (unpaired) electrons. The van der Waals surface area contributed by atoms with E-state index in [9.17, 15) is 0 Å². The lowest BCUT2D eigenvalue weighted by Crippen LogP contribution is -2.43. The summed E-state index contributed by atoms with van der Waals surface area (Å²) in [6.07, 6.45) is 36.2. The predicted octanol–water partition coefficient (Wildman–Crippen LogP) is 16.9. The van der Waals surface area contributed by atoms with Gasteiger partial charge in [0.15, 0.2) is 0 Å². The number of hydrogen-bond donors (Lipinski definition) is 0. The van der Waals surface area contributed by atoms with Gasteiger partial charge in [0.1, 0.15) is 0 Å². The molecule has 5 aromatic rings. The van der Waals surface area contributed by atoms with Crippen molar-refractivity contribution in [2.45, 2.75) is 96.6 Å². The third kappa shape index (κ3) is 9.82. The molecule has 4 aliphatic rings. The Balaban J connectivity index is 0.942. The van der Waals surface area contributed by atoms with Crippen LogP contribution in [0.15, 0.2) is 211 Å². The number of anilines is 3. The Hall–Kier alpha value is -6.38. The molecule has 0 aliphatic heterocycles. The van der Waals surface area contributed by atoms with Crippen molar-refractivity contribution in [3.05, 3.63) is 228 Å². The summed E-state index contributed by atoms with van der Waals surface area (Å²) < 4.78 is 0. The van der Waals surface area contributed by atoms with Crippen LogP contribution in [-0.4, -0.2) is 17.0 Å². The van der Waals surface area contributed by atoms with Crippen LogP contribution >= 0.6 is 0 Å². The van der Waals surface area contributed by atoms with E-state index in [1.165, 1.54) is 87.1 Å². The van der Waals surface area contributed by atoms with Crippen molar-refractivity contribution in [1.29, 1.82) is 0 Å². The molecule has 5 aromatic carbocycles. The summed E-state index contributed by atoms with van der Waals surface area (Å²) in [5.41, 5.74) is 18.7. The van der Waals surface area contributed by atoms with Crippen molar-refractivity contribution in [3.8, 4) is 11.1 Å². The van der Waals surface area contributed by atoms with E-state index in [-0.39, 0.29) is 0 Å². The molecule has 2 atom stereocenters. The third-order valence-corrected chi connectivity index (χ3v) is 13.6. The fourth-order valence-electron chi connectivity index (χ4n) is 10.1. The van der Waals surface area contributed by atoms with Crippen molar-refractivity contribution in [2.75, 3.05) is 4.90 Å². The lowest BCUT2D eigenvalue weighted by atomic mass is 9.85. The summed E-state index contributed by atoms with van der Waals surface area (Å²) in [6, 6.07) is 50.0. The van der Waals surface area contributed by atoms with Gasteiger partial charge in [0, 0.05) is 34.8 Å². The van der Waals surface area contributed by atoms with Gasteiger partial charge in [0.05, 0.1) is 0 Å². The van der Waals surface area contributed by atoms with Crippen LogP contribution in [0.4, 0.5) is 17.1 Å². The summed E-state index contributed by atoms with van der Waals surface area (Å²) in [5, 5.41) is 0. The summed E-state index contributed by atoms with van der Waals surface area (Å²) >= 11 is 0. The molecule has 0 amide bonds. The van der Waals surface area contributed by atoms with Gasteiger partial charge >= 0.3 is 0 Å². The van der Waals surface area contributed by atoms with E-state index in [0.717, 1.165) is 62.0 Å². The molecule has 0 bridgehead atoms. The van der Waals surface area contributed by atoms with Crippen LogP contribution in [0, 0.1) is 0 Å². The van der Waals surface area contributed by atoms with Gasteiger partial charge in [-0.15, -0.1) is 0 Å². The molecular weight excluding hydrogens is 761 g/mol. The maximum Gasteiger partial charge on any atom is 0.0473 e. The first kappa shape index (κ1) is 41.9. The number of nitrogens with zero attached hydrogens (tertiary/aromatic N) is 2. The normalized spacial score (nSPS) is 19.1. The van der Waals surface area contributed by atoms with Gasteiger partial charge in [-0.25, -0.2) is 0 Å². The van der Waals surface area contributed by atoms with Gasteiger partial charge in [-0.3, -0.25) is 0 Å². The van der Waals surface area contributed by atoms with Gasteiger partial charge < -0.3 is 9.80 Å². The molecule has 0 saturated carbocycles. The smallest absolute Gasteiger partial charge is 0.0473 e. The highest BCUT2D eigenvalue weighted by molar-refractivity contribution is 5.81. The largest absolute Gasteiger partial charge is 0.365 e. The first-order valence-corrected chi connectivity index (χ1v) is 23.6. The van der Waals surface area contributed by atoms with Crippen LogP contribution in [-0.2, 0) is 0 Å². The summed E-state index contributed by atoms with van der Waals surface area (Å²) in [4.78, 5) is 5.24. The minimum atomic E-state index is 0.490. The zero-order valence-electron chi connectivity index (χ0n) is 37.3. The van der Waals surface area contributed by atoms with Gasteiger partial charge in [0.25, 0.3) is 0 Å². The highest BCUT2D eigenvalue weighted by Crippen LogP contribution is 2.41. The molecule has 316 valence electrons. The zero-order valence-corrected chi connectivity index (χ0v) is 37.3. The van der Waals surface area contributed by atoms with E-state index in [2.05, 4.69) is 218 Å². The van der Waals surface area contributed by atoms with E-state index in [1.807, 2.05) is 0 Å². The van der Waals surface area contributed by atoms with Crippen molar-refractivity contribution >= 4 is 33.8 Å². The monoisotopic (exact) mass is 822 g/mol. The Labute approximate surface area is 377 Å². The first-order chi connectivity index (χ1) is 31.1. The van der Waals surface area contributed by atoms with Crippen LogP contribution in [0.5, 0.6) is 0 Å². The average molecular weight is 823 g/mol. The van der Waals surface area contributed by atoms with Gasteiger partial charge in [0.2, 0.25) is 0 Å². The first-order valence-electron chi connectivity index (χ1n) is 23.6. The van der Waals surface area contributed by atoms with Crippen molar-refractivity contribution in [1.82, 2.24) is 4.90 Å². The molecule has 0 spiro atoms. The van der Waals surface area contributed by atoms with Crippen LogP contribution in [0.2, 0.25) is 0 Å². The molecule has 1 unspecified atom stereocenters. The average Bonchev–Trinajstić information content (AvgIpc) is 3.37. The Morgan fingerprint density at radius 3 is 1.70 bits per heavy atom. The number of hydrogen-bond acceptors (Lipinski definition) is 2. The predicted molar refractivity (Wildman–Crippen MR) is 271 cm³/mol. The highest BCUT2D eigenvalue weighted by Gasteiger charge is 2.30. The van der Waals surface area contributed by atoms with Crippen LogP contribution < -0.4 is 4.90 Å². The maximum absolute atomic E-state index is 2.84. The van der Waals surface area contributed by atoms with Gasteiger partial charge in [-0.05, 0) is 176 Å². The van der Waals surface area contributed by atoms with Crippen molar-refractivity contribution in [2.24, 2.45) is 0 Å². The molecular formula is C61H62N2. The maximum atomic E-state index is 2.84. The zero-order chi connectivity index (χ0) is 42.8. The molecule has 0 heterocycles. The lowest BCUT2D eigenvalue weighted by molar-refractivity contribution is 0.181. The van der Waals surface area contributed by atoms with E-state index >= 15 is 0 Å². The topological polar surface area (TPSA) is 6.48 Å². The molecule has 63 heavy (non-hydrogen) atoms. The molecule has 0 aromatic heterocycles. The Morgan fingerprint density at radius 2 is 1.14 bits per heavy atom. The fourth-order valence-corrected chi connectivity index (χ4v) is 10.1. The Bertz CT molecular complexity index is 2580. The standard InChI is InChI=1S/C61H62N2/c1-3-5-15-46(4-2)49-26-36-59(37-27-49)63(60-38-28-52(29-39-60)48-18-11-7-12-19-48)61-44-34-55(35-45-61)54-32-42-58(43-33-54)62(56-20-13-8-14-21-56)57-40-30-53(31-41-57)51-24-22-50(23-25-51)47-16-9-6-10-17-47/h3,5-7,9-13,15-20,22,24,26-30,32,34-40,44-45,56,58H,4,8,14,21,23,25,31,33,41-43H2,1-2H3/b5-3-,46-15+/t56?,58-/m0/s1. The van der Waals surface area contributed by atoms with Gasteiger partial charge in [-0.1, -0.05) is 159 Å². The van der Waals surface area contributed by atoms with E-state index < -0.39 is 0 Å². The van der Waals surface area contributed by atoms with E-state index in [4.69, 9.17) is 0 Å². The second-order valence-electron chi connectivity index (χ2n) is 17.5. The quantitative estimate of drug-likeness (QED) is 0.0862. The number of benzene rings is 5. The van der Waals surface area contributed by atoms with Crippen molar-refractivity contribution < 1.29 is 0 Å².